The molecule has 0 saturated carbocycles. The molecule has 0 bridgehead atoms. The van der Waals surface area contributed by atoms with Crippen molar-refractivity contribution in [2.24, 2.45) is 0 Å². The summed E-state index contributed by atoms with van der Waals surface area (Å²) in [6.45, 7) is 3.89. The first kappa shape index (κ1) is 17.3. The molecule has 21 heavy (non-hydrogen) atoms. The highest BCUT2D eigenvalue weighted by molar-refractivity contribution is 6.00. The van der Waals surface area contributed by atoms with E-state index in [0.717, 1.165) is 18.9 Å². The molecule has 0 aliphatic rings. The van der Waals surface area contributed by atoms with Gasteiger partial charge in [-0.25, -0.2) is 0 Å². The van der Waals surface area contributed by atoms with E-state index in [9.17, 15) is 18.0 Å². The van der Waals surface area contributed by atoms with Gasteiger partial charge in [-0.1, -0.05) is 19.9 Å². The SMILES string of the molecule is CCC(CC)N(C)C(=O)c1cccc(C(F)(F)F)c1NC. The number of halogens is 3. The summed E-state index contributed by atoms with van der Waals surface area (Å²) in [5.74, 6) is -0.404. The van der Waals surface area contributed by atoms with Gasteiger partial charge in [-0.2, -0.15) is 13.2 Å². The van der Waals surface area contributed by atoms with Gasteiger partial charge in [-0.3, -0.25) is 4.79 Å². The van der Waals surface area contributed by atoms with Crippen LogP contribution >= 0.6 is 0 Å². The molecule has 1 N–H and O–H groups in total. The van der Waals surface area contributed by atoms with Gasteiger partial charge in [0.2, 0.25) is 0 Å². The zero-order chi connectivity index (χ0) is 16.2. The van der Waals surface area contributed by atoms with Crippen LogP contribution < -0.4 is 5.32 Å². The van der Waals surface area contributed by atoms with Crippen LogP contribution in [0.1, 0.15) is 42.6 Å². The Morgan fingerprint density at radius 2 is 1.86 bits per heavy atom. The van der Waals surface area contributed by atoms with Crippen LogP contribution in [-0.2, 0) is 6.18 Å². The van der Waals surface area contributed by atoms with Gasteiger partial charge in [0.05, 0.1) is 16.8 Å². The molecule has 1 amide bonds. The second-order valence-electron chi connectivity index (χ2n) is 4.86. The van der Waals surface area contributed by atoms with Crippen molar-refractivity contribution in [2.75, 3.05) is 19.4 Å². The van der Waals surface area contributed by atoms with Crippen molar-refractivity contribution < 1.29 is 18.0 Å². The van der Waals surface area contributed by atoms with Crippen LogP contribution in [0.25, 0.3) is 0 Å². The molecule has 0 spiro atoms. The van der Waals surface area contributed by atoms with Crippen molar-refractivity contribution in [3.63, 3.8) is 0 Å². The third-order valence-corrected chi connectivity index (χ3v) is 3.66. The molecule has 0 saturated heterocycles. The number of carbonyl (C=O) groups excluding carboxylic acids is 1. The highest BCUT2D eigenvalue weighted by Crippen LogP contribution is 2.36. The molecule has 0 radical (unpaired) electrons. The molecule has 6 heteroatoms. The minimum Gasteiger partial charge on any atom is -0.387 e. The van der Waals surface area contributed by atoms with Crippen molar-refractivity contribution in [3.8, 4) is 0 Å². The molecule has 3 nitrogen and oxygen atoms in total. The highest BCUT2D eigenvalue weighted by atomic mass is 19.4. The summed E-state index contributed by atoms with van der Waals surface area (Å²) in [4.78, 5) is 14.0. The average Bonchev–Trinajstić information content (AvgIpc) is 2.45. The summed E-state index contributed by atoms with van der Waals surface area (Å²) in [7, 11) is 3.01. The molecule has 0 fully saturated rings. The minimum absolute atomic E-state index is 0.0109. The third kappa shape index (κ3) is 3.68. The van der Waals surface area contributed by atoms with Gasteiger partial charge in [0.15, 0.2) is 0 Å². The predicted molar refractivity (Wildman–Crippen MR) is 77.5 cm³/mol. The van der Waals surface area contributed by atoms with Gasteiger partial charge >= 0.3 is 6.18 Å². The zero-order valence-corrected chi connectivity index (χ0v) is 12.7. The Labute approximate surface area is 123 Å². The van der Waals surface area contributed by atoms with Gasteiger partial charge in [0.1, 0.15) is 0 Å². The first-order valence-electron chi connectivity index (χ1n) is 6.92. The number of amides is 1. The first-order valence-corrected chi connectivity index (χ1v) is 6.92. The van der Waals surface area contributed by atoms with E-state index in [1.165, 1.54) is 24.1 Å². The second kappa shape index (κ2) is 6.83. The van der Waals surface area contributed by atoms with E-state index in [2.05, 4.69) is 5.32 Å². The predicted octanol–water partition coefficient (Wildman–Crippen LogP) is 4.01. The lowest BCUT2D eigenvalue weighted by Crippen LogP contribution is -2.36. The monoisotopic (exact) mass is 302 g/mol. The maximum absolute atomic E-state index is 13.0. The highest BCUT2D eigenvalue weighted by Gasteiger charge is 2.35. The maximum atomic E-state index is 13.0. The number of nitrogens with zero attached hydrogens (tertiary/aromatic N) is 1. The average molecular weight is 302 g/mol. The molecule has 0 heterocycles. The molecule has 118 valence electrons. The van der Waals surface area contributed by atoms with Crippen LogP contribution in [0.2, 0.25) is 0 Å². The number of para-hydroxylation sites is 1. The van der Waals surface area contributed by atoms with Gasteiger partial charge < -0.3 is 10.2 Å². The molecular weight excluding hydrogens is 281 g/mol. The Morgan fingerprint density at radius 1 is 1.29 bits per heavy atom. The van der Waals surface area contributed by atoms with E-state index in [1.807, 2.05) is 13.8 Å². The van der Waals surface area contributed by atoms with E-state index in [0.29, 0.717) is 0 Å². The van der Waals surface area contributed by atoms with Crippen LogP contribution in [0, 0.1) is 0 Å². The fraction of sp³-hybridized carbons (Fsp3) is 0.533. The lowest BCUT2D eigenvalue weighted by Gasteiger charge is -2.27. The van der Waals surface area contributed by atoms with E-state index < -0.39 is 17.6 Å². The first-order chi connectivity index (χ1) is 9.77. The lowest BCUT2D eigenvalue weighted by atomic mass is 10.0. The van der Waals surface area contributed by atoms with Crippen molar-refractivity contribution >= 4 is 11.6 Å². The molecular formula is C15H21F3N2O. The maximum Gasteiger partial charge on any atom is 0.418 e. The lowest BCUT2D eigenvalue weighted by molar-refractivity contribution is -0.136. The standard InChI is InChI=1S/C15H21F3N2O/c1-5-10(6-2)20(4)14(21)11-8-7-9-12(13(11)19-3)15(16,17)18/h7-10,19H,5-6H2,1-4H3. The van der Waals surface area contributed by atoms with Crippen LogP contribution in [0.5, 0.6) is 0 Å². The van der Waals surface area contributed by atoms with Crippen molar-refractivity contribution in [1.82, 2.24) is 4.90 Å². The molecule has 0 aromatic heterocycles. The quantitative estimate of drug-likeness (QED) is 0.891. The number of alkyl halides is 3. The van der Waals surface area contributed by atoms with E-state index in [4.69, 9.17) is 0 Å². The van der Waals surface area contributed by atoms with Crippen molar-refractivity contribution in [3.05, 3.63) is 29.3 Å². The van der Waals surface area contributed by atoms with Gasteiger partial charge in [-0.05, 0) is 25.0 Å². The number of rotatable bonds is 5. The molecule has 0 atom stereocenters. The van der Waals surface area contributed by atoms with E-state index >= 15 is 0 Å². The Morgan fingerprint density at radius 3 is 2.29 bits per heavy atom. The van der Waals surface area contributed by atoms with Gasteiger partial charge in [-0.15, -0.1) is 0 Å². The minimum atomic E-state index is -4.50. The summed E-state index contributed by atoms with van der Waals surface area (Å²) >= 11 is 0. The number of benzene rings is 1. The normalized spacial score (nSPS) is 11.6. The van der Waals surface area contributed by atoms with Crippen molar-refractivity contribution in [1.29, 1.82) is 0 Å². The second-order valence-corrected chi connectivity index (χ2v) is 4.86. The zero-order valence-electron chi connectivity index (χ0n) is 12.7. The molecule has 1 rings (SSSR count). The number of hydrogen-bond donors (Lipinski definition) is 1. The van der Waals surface area contributed by atoms with Crippen LogP contribution in [-0.4, -0.2) is 30.9 Å². The summed E-state index contributed by atoms with van der Waals surface area (Å²) in [5, 5.41) is 2.51. The van der Waals surface area contributed by atoms with Gasteiger partial charge in [0.25, 0.3) is 5.91 Å². The number of anilines is 1. The van der Waals surface area contributed by atoms with Gasteiger partial charge in [0, 0.05) is 20.1 Å². The summed E-state index contributed by atoms with van der Waals surface area (Å²) < 4.78 is 39.0. The number of hydrogen-bond acceptors (Lipinski definition) is 2. The van der Waals surface area contributed by atoms with Crippen molar-refractivity contribution in [2.45, 2.75) is 38.9 Å². The summed E-state index contributed by atoms with van der Waals surface area (Å²) in [5.41, 5.74) is -0.955. The van der Waals surface area contributed by atoms with E-state index in [1.54, 1.807) is 7.05 Å². The fourth-order valence-electron chi connectivity index (χ4n) is 2.43. The molecule has 0 aliphatic heterocycles. The number of nitrogens with one attached hydrogen (secondary N) is 1. The molecule has 0 unspecified atom stereocenters. The number of carbonyl (C=O) groups is 1. The Kier molecular flexibility index (Phi) is 5.63. The Balaban J connectivity index is 3.28. The smallest absolute Gasteiger partial charge is 0.387 e. The molecule has 1 aromatic rings. The Bertz CT molecular complexity index is 496. The topological polar surface area (TPSA) is 32.3 Å². The largest absolute Gasteiger partial charge is 0.418 e. The van der Waals surface area contributed by atoms with E-state index in [-0.39, 0.29) is 17.3 Å². The molecule has 0 aliphatic carbocycles. The van der Waals surface area contributed by atoms with Crippen LogP contribution in [0.3, 0.4) is 0 Å². The van der Waals surface area contributed by atoms with Crippen LogP contribution in [0.4, 0.5) is 18.9 Å². The Hall–Kier alpha value is -1.72. The summed E-state index contributed by atoms with van der Waals surface area (Å²) in [6, 6.07) is 3.66. The summed E-state index contributed by atoms with van der Waals surface area (Å²) in [6.07, 6.45) is -2.98. The van der Waals surface area contributed by atoms with Crippen LogP contribution in [0.15, 0.2) is 18.2 Å². The third-order valence-electron chi connectivity index (χ3n) is 3.66. The fourth-order valence-corrected chi connectivity index (χ4v) is 2.43. The molecule has 1 aromatic carbocycles.